The third-order valence-electron chi connectivity index (χ3n) is 3.67. The normalized spacial score (nSPS) is 23.0. The maximum absolute atomic E-state index is 11.2. The SMILES string of the molecule is CC(=O)C(C)C(C)CC1CCCC1. The summed E-state index contributed by atoms with van der Waals surface area (Å²) in [7, 11) is 0. The Labute approximate surface area is 81.9 Å². The molecule has 0 radical (unpaired) electrons. The molecule has 0 aromatic heterocycles. The molecule has 76 valence electrons. The van der Waals surface area contributed by atoms with Gasteiger partial charge in [-0.15, -0.1) is 0 Å². The Hall–Kier alpha value is -0.330. The second-order valence-electron chi connectivity index (χ2n) is 4.76. The van der Waals surface area contributed by atoms with Crippen LogP contribution in [0.5, 0.6) is 0 Å². The number of rotatable bonds is 4. The van der Waals surface area contributed by atoms with E-state index < -0.39 is 0 Å². The predicted molar refractivity (Wildman–Crippen MR) is 55.6 cm³/mol. The van der Waals surface area contributed by atoms with Crippen LogP contribution in [0.1, 0.15) is 52.9 Å². The highest BCUT2D eigenvalue weighted by Crippen LogP contribution is 2.32. The van der Waals surface area contributed by atoms with Crippen LogP contribution in [0.4, 0.5) is 0 Å². The molecule has 0 spiro atoms. The minimum Gasteiger partial charge on any atom is -0.300 e. The Morgan fingerprint density at radius 2 is 1.85 bits per heavy atom. The van der Waals surface area contributed by atoms with Crippen molar-refractivity contribution in [2.75, 3.05) is 0 Å². The Kier molecular flexibility index (Phi) is 3.95. The van der Waals surface area contributed by atoms with Gasteiger partial charge in [0.2, 0.25) is 0 Å². The molecule has 0 N–H and O–H groups in total. The molecule has 0 amide bonds. The summed E-state index contributed by atoms with van der Waals surface area (Å²) in [6.45, 7) is 6.02. The first-order valence-electron chi connectivity index (χ1n) is 5.61. The smallest absolute Gasteiger partial charge is 0.132 e. The molecule has 0 saturated heterocycles. The van der Waals surface area contributed by atoms with Crippen LogP contribution in [0.3, 0.4) is 0 Å². The summed E-state index contributed by atoms with van der Waals surface area (Å²) in [5.41, 5.74) is 0. The summed E-state index contributed by atoms with van der Waals surface area (Å²) < 4.78 is 0. The van der Waals surface area contributed by atoms with E-state index in [2.05, 4.69) is 13.8 Å². The van der Waals surface area contributed by atoms with E-state index in [1.165, 1.54) is 32.1 Å². The van der Waals surface area contributed by atoms with Gasteiger partial charge in [-0.05, 0) is 25.2 Å². The van der Waals surface area contributed by atoms with Gasteiger partial charge in [-0.3, -0.25) is 4.79 Å². The Bertz CT molecular complexity index is 168. The second-order valence-corrected chi connectivity index (χ2v) is 4.76. The fourth-order valence-electron chi connectivity index (χ4n) is 2.38. The van der Waals surface area contributed by atoms with Crippen LogP contribution in [0.15, 0.2) is 0 Å². The molecule has 2 atom stereocenters. The fourth-order valence-corrected chi connectivity index (χ4v) is 2.38. The molecule has 13 heavy (non-hydrogen) atoms. The lowest BCUT2D eigenvalue weighted by Crippen LogP contribution is -2.18. The molecule has 1 aliphatic carbocycles. The van der Waals surface area contributed by atoms with E-state index in [1.54, 1.807) is 6.92 Å². The van der Waals surface area contributed by atoms with E-state index in [4.69, 9.17) is 0 Å². The fraction of sp³-hybridized carbons (Fsp3) is 0.917. The maximum Gasteiger partial charge on any atom is 0.132 e. The van der Waals surface area contributed by atoms with Gasteiger partial charge < -0.3 is 0 Å². The summed E-state index contributed by atoms with van der Waals surface area (Å²) in [6, 6.07) is 0. The standard InChI is InChI=1S/C12H22O/c1-9(10(2)11(3)13)8-12-6-4-5-7-12/h9-10,12H,4-8H2,1-3H3. The van der Waals surface area contributed by atoms with E-state index in [9.17, 15) is 4.79 Å². The molecule has 1 heteroatoms. The molecule has 1 rings (SSSR count). The van der Waals surface area contributed by atoms with Crippen LogP contribution in [-0.4, -0.2) is 5.78 Å². The largest absolute Gasteiger partial charge is 0.300 e. The zero-order valence-corrected chi connectivity index (χ0v) is 9.18. The highest BCUT2D eigenvalue weighted by atomic mass is 16.1. The lowest BCUT2D eigenvalue weighted by Gasteiger charge is -2.20. The molecule has 1 nitrogen and oxygen atoms in total. The number of Topliss-reactive ketones (excluding diaryl/α,β-unsaturated/α-hetero) is 1. The van der Waals surface area contributed by atoms with Crippen LogP contribution in [0.25, 0.3) is 0 Å². The van der Waals surface area contributed by atoms with Crippen LogP contribution in [-0.2, 0) is 4.79 Å². The Morgan fingerprint density at radius 1 is 1.31 bits per heavy atom. The highest BCUT2D eigenvalue weighted by molar-refractivity contribution is 5.78. The van der Waals surface area contributed by atoms with Crippen molar-refractivity contribution in [1.29, 1.82) is 0 Å². The first-order chi connectivity index (χ1) is 6.11. The quantitative estimate of drug-likeness (QED) is 0.651. The van der Waals surface area contributed by atoms with Crippen molar-refractivity contribution in [1.82, 2.24) is 0 Å². The average Bonchev–Trinajstić information content (AvgIpc) is 2.55. The van der Waals surface area contributed by atoms with E-state index >= 15 is 0 Å². The van der Waals surface area contributed by atoms with Gasteiger partial charge in [-0.25, -0.2) is 0 Å². The van der Waals surface area contributed by atoms with E-state index in [0.29, 0.717) is 11.7 Å². The number of carbonyl (C=O) groups is 1. The molecule has 0 heterocycles. The molecule has 0 bridgehead atoms. The highest BCUT2D eigenvalue weighted by Gasteiger charge is 2.22. The molecule has 1 aliphatic rings. The number of hydrogen-bond donors (Lipinski definition) is 0. The third kappa shape index (κ3) is 3.13. The van der Waals surface area contributed by atoms with Gasteiger partial charge in [0.25, 0.3) is 0 Å². The van der Waals surface area contributed by atoms with E-state index in [0.717, 1.165) is 5.92 Å². The monoisotopic (exact) mass is 182 g/mol. The topological polar surface area (TPSA) is 17.1 Å². The van der Waals surface area contributed by atoms with Crippen molar-refractivity contribution in [3.8, 4) is 0 Å². The molecule has 0 aliphatic heterocycles. The van der Waals surface area contributed by atoms with Crippen molar-refractivity contribution in [3.63, 3.8) is 0 Å². The van der Waals surface area contributed by atoms with Gasteiger partial charge in [0, 0.05) is 5.92 Å². The molecule has 0 aromatic carbocycles. The Balaban J connectivity index is 2.30. The lowest BCUT2D eigenvalue weighted by molar-refractivity contribution is -0.121. The van der Waals surface area contributed by atoms with Crippen molar-refractivity contribution >= 4 is 5.78 Å². The summed E-state index contributed by atoms with van der Waals surface area (Å²) in [5.74, 6) is 2.11. The third-order valence-corrected chi connectivity index (χ3v) is 3.67. The number of ketones is 1. The van der Waals surface area contributed by atoms with Crippen LogP contribution < -0.4 is 0 Å². The maximum atomic E-state index is 11.2. The average molecular weight is 182 g/mol. The van der Waals surface area contributed by atoms with Gasteiger partial charge >= 0.3 is 0 Å². The van der Waals surface area contributed by atoms with Crippen LogP contribution in [0, 0.1) is 17.8 Å². The molecule has 1 fully saturated rings. The molecule has 2 unspecified atom stereocenters. The molecule has 1 saturated carbocycles. The lowest BCUT2D eigenvalue weighted by atomic mass is 9.84. The van der Waals surface area contributed by atoms with Gasteiger partial charge in [0.05, 0.1) is 0 Å². The van der Waals surface area contributed by atoms with Crippen molar-refractivity contribution in [2.24, 2.45) is 17.8 Å². The van der Waals surface area contributed by atoms with Gasteiger partial charge in [-0.1, -0.05) is 39.5 Å². The van der Waals surface area contributed by atoms with Crippen molar-refractivity contribution in [2.45, 2.75) is 52.9 Å². The van der Waals surface area contributed by atoms with Crippen LogP contribution >= 0.6 is 0 Å². The van der Waals surface area contributed by atoms with E-state index in [1.807, 2.05) is 0 Å². The first kappa shape index (κ1) is 10.7. The first-order valence-corrected chi connectivity index (χ1v) is 5.61. The molecule has 0 aromatic rings. The second kappa shape index (κ2) is 4.78. The summed E-state index contributed by atoms with van der Waals surface area (Å²) >= 11 is 0. The predicted octanol–water partition coefficient (Wildman–Crippen LogP) is 3.43. The van der Waals surface area contributed by atoms with Gasteiger partial charge in [0.15, 0.2) is 0 Å². The zero-order valence-electron chi connectivity index (χ0n) is 9.18. The Morgan fingerprint density at radius 3 is 2.31 bits per heavy atom. The minimum absolute atomic E-state index is 0.264. The zero-order chi connectivity index (χ0) is 9.84. The van der Waals surface area contributed by atoms with Gasteiger partial charge in [0.1, 0.15) is 5.78 Å². The van der Waals surface area contributed by atoms with Crippen LogP contribution in [0.2, 0.25) is 0 Å². The number of carbonyl (C=O) groups excluding carboxylic acids is 1. The van der Waals surface area contributed by atoms with Gasteiger partial charge in [-0.2, -0.15) is 0 Å². The van der Waals surface area contributed by atoms with Crippen molar-refractivity contribution in [3.05, 3.63) is 0 Å². The summed E-state index contributed by atoms with van der Waals surface area (Å²) in [5, 5.41) is 0. The van der Waals surface area contributed by atoms with Crippen molar-refractivity contribution < 1.29 is 4.79 Å². The minimum atomic E-state index is 0.264. The summed E-state index contributed by atoms with van der Waals surface area (Å²) in [6.07, 6.45) is 6.88. The molecular formula is C12H22O. The van der Waals surface area contributed by atoms with E-state index in [-0.39, 0.29) is 5.92 Å². The summed E-state index contributed by atoms with van der Waals surface area (Å²) in [4.78, 5) is 11.2. The molecular weight excluding hydrogens is 160 g/mol. The number of hydrogen-bond acceptors (Lipinski definition) is 1.